The summed E-state index contributed by atoms with van der Waals surface area (Å²) in [4.78, 5) is 7.15. The van der Waals surface area contributed by atoms with Gasteiger partial charge in [-0.1, -0.05) is 6.92 Å². The molecule has 0 spiro atoms. The van der Waals surface area contributed by atoms with E-state index in [4.69, 9.17) is 0 Å². The topological polar surface area (TPSA) is 29.9 Å². The Morgan fingerprint density at radius 3 is 2.71 bits per heavy atom. The van der Waals surface area contributed by atoms with Crippen LogP contribution in [0.2, 0.25) is 0 Å². The molecule has 3 nitrogen and oxygen atoms in total. The van der Waals surface area contributed by atoms with Crippen molar-refractivity contribution in [1.29, 1.82) is 0 Å². The third-order valence-corrected chi connectivity index (χ3v) is 4.45. The number of rotatable bonds is 4. The van der Waals surface area contributed by atoms with Crippen LogP contribution in [0.1, 0.15) is 34.2 Å². The summed E-state index contributed by atoms with van der Waals surface area (Å²) in [5.41, 5.74) is 1.22. The van der Waals surface area contributed by atoms with E-state index in [1.807, 2.05) is 31.5 Å². The number of imidazole rings is 1. The van der Waals surface area contributed by atoms with Crippen molar-refractivity contribution in [3.8, 4) is 0 Å². The fraction of sp³-hybridized carbons (Fsp3) is 0.462. The average molecular weight is 249 g/mol. The molecule has 0 saturated carbocycles. The van der Waals surface area contributed by atoms with Crippen molar-refractivity contribution in [2.24, 2.45) is 7.05 Å². The largest absolute Gasteiger partial charge is 0.334 e. The standard InChI is InChI=1S/C13H19N3S/c1-5-10-6-7-12(17-10)13(14-3)11-8-15-9(2)16(11)4/h6-8,13-14H,5H2,1-4H3. The van der Waals surface area contributed by atoms with Gasteiger partial charge in [0.05, 0.1) is 17.9 Å². The number of thiophene rings is 1. The van der Waals surface area contributed by atoms with E-state index in [1.165, 1.54) is 15.4 Å². The van der Waals surface area contributed by atoms with Crippen molar-refractivity contribution < 1.29 is 0 Å². The first-order chi connectivity index (χ1) is 8.17. The van der Waals surface area contributed by atoms with Crippen LogP contribution >= 0.6 is 11.3 Å². The molecule has 92 valence electrons. The lowest BCUT2D eigenvalue weighted by atomic mass is 10.2. The van der Waals surface area contributed by atoms with E-state index >= 15 is 0 Å². The first-order valence-corrected chi connectivity index (χ1v) is 6.73. The number of nitrogens with zero attached hydrogens (tertiary/aromatic N) is 2. The van der Waals surface area contributed by atoms with Gasteiger partial charge in [0.15, 0.2) is 0 Å². The summed E-state index contributed by atoms with van der Waals surface area (Å²) in [7, 11) is 4.06. The van der Waals surface area contributed by atoms with Gasteiger partial charge in [0.25, 0.3) is 0 Å². The van der Waals surface area contributed by atoms with Gasteiger partial charge in [-0.3, -0.25) is 0 Å². The molecule has 17 heavy (non-hydrogen) atoms. The fourth-order valence-corrected chi connectivity index (χ4v) is 3.04. The molecule has 0 aliphatic heterocycles. The first-order valence-electron chi connectivity index (χ1n) is 5.91. The molecule has 0 aliphatic carbocycles. The minimum Gasteiger partial charge on any atom is -0.334 e. The second-order valence-corrected chi connectivity index (χ2v) is 5.37. The normalized spacial score (nSPS) is 12.9. The predicted molar refractivity (Wildman–Crippen MR) is 72.5 cm³/mol. The van der Waals surface area contributed by atoms with Crippen LogP contribution in [0.3, 0.4) is 0 Å². The highest BCUT2D eigenvalue weighted by molar-refractivity contribution is 7.12. The molecule has 4 heteroatoms. The second-order valence-electron chi connectivity index (χ2n) is 4.17. The molecule has 1 unspecified atom stereocenters. The van der Waals surface area contributed by atoms with E-state index in [0.717, 1.165) is 12.2 Å². The second kappa shape index (κ2) is 5.02. The SMILES string of the molecule is CCc1ccc(C(NC)c2cnc(C)n2C)s1. The van der Waals surface area contributed by atoms with Gasteiger partial charge in [-0.2, -0.15) is 0 Å². The van der Waals surface area contributed by atoms with Gasteiger partial charge in [0.2, 0.25) is 0 Å². The Bertz CT molecular complexity index is 498. The zero-order chi connectivity index (χ0) is 12.4. The number of aromatic nitrogens is 2. The molecule has 0 saturated heterocycles. The van der Waals surface area contributed by atoms with E-state index in [2.05, 4.69) is 41.0 Å². The maximum absolute atomic E-state index is 4.37. The van der Waals surface area contributed by atoms with E-state index < -0.39 is 0 Å². The molecule has 0 amide bonds. The van der Waals surface area contributed by atoms with Crippen LogP contribution in [0.15, 0.2) is 18.3 Å². The number of hydrogen-bond donors (Lipinski definition) is 1. The van der Waals surface area contributed by atoms with Crippen LogP contribution in [0.4, 0.5) is 0 Å². The Hall–Kier alpha value is -1.13. The third-order valence-electron chi connectivity index (χ3n) is 3.16. The zero-order valence-corrected chi connectivity index (χ0v) is 11.6. The maximum atomic E-state index is 4.37. The minimum absolute atomic E-state index is 0.242. The molecule has 2 aromatic rings. The molecule has 2 aromatic heterocycles. The Kier molecular flexibility index (Phi) is 3.64. The maximum Gasteiger partial charge on any atom is 0.105 e. The van der Waals surface area contributed by atoms with Crippen LogP contribution in [0, 0.1) is 6.92 Å². The van der Waals surface area contributed by atoms with Gasteiger partial charge in [-0.05, 0) is 32.5 Å². The molecule has 0 aliphatic rings. The minimum atomic E-state index is 0.242. The van der Waals surface area contributed by atoms with Crippen molar-refractivity contribution in [1.82, 2.24) is 14.9 Å². The molecule has 0 radical (unpaired) electrons. The lowest BCUT2D eigenvalue weighted by Crippen LogP contribution is -2.19. The molecular weight excluding hydrogens is 230 g/mol. The highest BCUT2D eigenvalue weighted by Crippen LogP contribution is 2.28. The highest BCUT2D eigenvalue weighted by Gasteiger charge is 2.18. The van der Waals surface area contributed by atoms with Crippen LogP contribution in [-0.4, -0.2) is 16.6 Å². The third kappa shape index (κ3) is 2.28. The van der Waals surface area contributed by atoms with Crippen molar-refractivity contribution in [2.75, 3.05) is 7.05 Å². The van der Waals surface area contributed by atoms with E-state index in [1.54, 1.807) is 0 Å². The number of aryl methyl sites for hydroxylation is 2. The molecular formula is C13H19N3S. The fourth-order valence-electron chi connectivity index (χ4n) is 1.96. The molecule has 1 atom stereocenters. The van der Waals surface area contributed by atoms with Crippen molar-refractivity contribution in [2.45, 2.75) is 26.3 Å². The lowest BCUT2D eigenvalue weighted by Gasteiger charge is -2.15. The summed E-state index contributed by atoms with van der Waals surface area (Å²) in [5.74, 6) is 1.05. The molecule has 2 heterocycles. The van der Waals surface area contributed by atoms with E-state index in [0.29, 0.717) is 0 Å². The lowest BCUT2D eigenvalue weighted by molar-refractivity contribution is 0.641. The Morgan fingerprint density at radius 2 is 2.24 bits per heavy atom. The molecule has 0 fully saturated rings. The predicted octanol–water partition coefficient (Wildman–Crippen LogP) is 2.66. The summed E-state index contributed by atoms with van der Waals surface area (Å²) < 4.78 is 2.15. The van der Waals surface area contributed by atoms with Gasteiger partial charge in [0, 0.05) is 16.8 Å². The Labute approximate surface area is 107 Å². The van der Waals surface area contributed by atoms with Crippen LogP contribution in [0.5, 0.6) is 0 Å². The van der Waals surface area contributed by atoms with Crippen LogP contribution in [0.25, 0.3) is 0 Å². The Morgan fingerprint density at radius 1 is 1.47 bits per heavy atom. The van der Waals surface area contributed by atoms with Crippen LogP contribution in [-0.2, 0) is 13.5 Å². The highest BCUT2D eigenvalue weighted by atomic mass is 32.1. The number of nitrogens with one attached hydrogen (secondary N) is 1. The summed E-state index contributed by atoms with van der Waals surface area (Å²) in [6, 6.07) is 4.67. The average Bonchev–Trinajstić information content (AvgIpc) is 2.92. The van der Waals surface area contributed by atoms with Crippen molar-refractivity contribution >= 4 is 11.3 Å². The van der Waals surface area contributed by atoms with Gasteiger partial charge in [-0.25, -0.2) is 4.98 Å². The first kappa shape index (κ1) is 12.3. The van der Waals surface area contributed by atoms with Gasteiger partial charge in [0.1, 0.15) is 5.82 Å². The Balaban J connectivity index is 2.36. The van der Waals surface area contributed by atoms with Crippen molar-refractivity contribution in [3.05, 3.63) is 39.6 Å². The smallest absolute Gasteiger partial charge is 0.105 e. The summed E-state index contributed by atoms with van der Waals surface area (Å²) >= 11 is 1.87. The van der Waals surface area contributed by atoms with E-state index in [-0.39, 0.29) is 6.04 Å². The summed E-state index contributed by atoms with van der Waals surface area (Å²) in [6.45, 7) is 4.22. The van der Waals surface area contributed by atoms with Gasteiger partial charge >= 0.3 is 0 Å². The van der Waals surface area contributed by atoms with Crippen LogP contribution < -0.4 is 5.32 Å². The molecule has 1 N–H and O–H groups in total. The summed E-state index contributed by atoms with van der Waals surface area (Å²) in [6.07, 6.45) is 3.06. The zero-order valence-electron chi connectivity index (χ0n) is 10.8. The molecule has 0 aromatic carbocycles. The van der Waals surface area contributed by atoms with Gasteiger partial charge in [-0.15, -0.1) is 11.3 Å². The van der Waals surface area contributed by atoms with Crippen molar-refractivity contribution in [3.63, 3.8) is 0 Å². The van der Waals surface area contributed by atoms with E-state index in [9.17, 15) is 0 Å². The van der Waals surface area contributed by atoms with Gasteiger partial charge < -0.3 is 9.88 Å². The molecule has 2 rings (SSSR count). The quantitative estimate of drug-likeness (QED) is 0.903. The monoisotopic (exact) mass is 249 g/mol. The molecule has 0 bridgehead atoms. The summed E-state index contributed by atoms with van der Waals surface area (Å²) in [5, 5.41) is 3.38. The number of hydrogen-bond acceptors (Lipinski definition) is 3.